The number of nitrogens with one attached hydrogen (secondary N) is 2. The molecule has 2 heterocycles. The summed E-state index contributed by atoms with van der Waals surface area (Å²) in [6.07, 6.45) is 3.64. The summed E-state index contributed by atoms with van der Waals surface area (Å²) in [7, 11) is 2.10. The zero-order valence-corrected chi connectivity index (χ0v) is 11.1. The van der Waals surface area contributed by atoms with Crippen molar-refractivity contribution in [2.45, 2.75) is 31.3 Å². The van der Waals surface area contributed by atoms with Crippen LogP contribution in [0.5, 0.6) is 0 Å². The van der Waals surface area contributed by atoms with Gasteiger partial charge in [-0.2, -0.15) is 0 Å². The third-order valence-corrected chi connectivity index (χ3v) is 4.41. The molecule has 2 aliphatic heterocycles. The van der Waals surface area contributed by atoms with E-state index in [1.807, 2.05) is 0 Å². The van der Waals surface area contributed by atoms with Crippen molar-refractivity contribution in [2.75, 3.05) is 26.7 Å². The molecule has 0 radical (unpaired) electrons. The van der Waals surface area contributed by atoms with E-state index in [1.54, 1.807) is 0 Å². The third-order valence-electron chi connectivity index (χ3n) is 4.41. The lowest BCUT2D eigenvalue weighted by atomic mass is 10.0. The summed E-state index contributed by atoms with van der Waals surface area (Å²) in [6, 6.07) is 0.701. The van der Waals surface area contributed by atoms with Gasteiger partial charge in [-0.05, 0) is 44.7 Å². The summed E-state index contributed by atoms with van der Waals surface area (Å²) in [4.78, 5) is 14.3. The van der Waals surface area contributed by atoms with Crippen molar-refractivity contribution in [3.05, 3.63) is 0 Å². The molecule has 98 valence electrons. The van der Waals surface area contributed by atoms with E-state index in [4.69, 9.17) is 0 Å². The normalized spacial score (nSPS) is 36.4. The number of carbonyl (C=O) groups excluding carboxylic acids is 1. The summed E-state index contributed by atoms with van der Waals surface area (Å²) in [5.41, 5.74) is 0. The summed E-state index contributed by atoms with van der Waals surface area (Å²) < 4.78 is 0. The SMILES string of the molecule is CN1[C@@H]2CNC[C@@H]2C[C@H]1C(=O)NCC1CC1.Cl. The number of nitrogens with zero attached hydrogens (tertiary/aromatic N) is 1. The van der Waals surface area contributed by atoms with Crippen LogP contribution >= 0.6 is 12.4 Å². The van der Waals surface area contributed by atoms with Crippen LogP contribution in [0, 0.1) is 11.8 Å². The molecular weight excluding hydrogens is 238 g/mol. The first kappa shape index (κ1) is 13.1. The molecule has 2 N–H and O–H groups in total. The molecular formula is C12H22ClN3O. The van der Waals surface area contributed by atoms with Gasteiger partial charge in [0.2, 0.25) is 5.91 Å². The van der Waals surface area contributed by atoms with Crippen LogP contribution in [-0.4, -0.2) is 49.6 Å². The fourth-order valence-electron chi connectivity index (χ4n) is 3.10. The number of likely N-dealkylation sites (tertiary alicyclic amines) is 1. The summed E-state index contributed by atoms with van der Waals surface area (Å²) in [5.74, 6) is 1.71. The molecule has 3 rings (SSSR count). The molecule has 4 nitrogen and oxygen atoms in total. The average molecular weight is 260 g/mol. The average Bonchev–Trinajstić information content (AvgIpc) is 2.89. The van der Waals surface area contributed by atoms with Crippen LogP contribution in [0.25, 0.3) is 0 Å². The summed E-state index contributed by atoms with van der Waals surface area (Å²) in [6.45, 7) is 3.03. The maximum Gasteiger partial charge on any atom is 0.237 e. The monoisotopic (exact) mass is 259 g/mol. The second-order valence-electron chi connectivity index (χ2n) is 5.59. The quantitative estimate of drug-likeness (QED) is 0.763. The van der Waals surface area contributed by atoms with E-state index in [0.29, 0.717) is 12.0 Å². The van der Waals surface area contributed by atoms with E-state index in [1.165, 1.54) is 12.8 Å². The van der Waals surface area contributed by atoms with Gasteiger partial charge in [-0.25, -0.2) is 0 Å². The molecule has 1 aliphatic carbocycles. The van der Waals surface area contributed by atoms with E-state index in [2.05, 4.69) is 22.6 Å². The Bertz CT molecular complexity index is 295. The second kappa shape index (κ2) is 5.12. The van der Waals surface area contributed by atoms with Crippen LogP contribution < -0.4 is 10.6 Å². The zero-order valence-electron chi connectivity index (χ0n) is 10.3. The Labute approximate surface area is 109 Å². The van der Waals surface area contributed by atoms with Gasteiger partial charge in [0, 0.05) is 19.1 Å². The lowest BCUT2D eigenvalue weighted by molar-refractivity contribution is -0.125. The molecule has 3 aliphatic rings. The molecule has 3 fully saturated rings. The molecule has 17 heavy (non-hydrogen) atoms. The lowest BCUT2D eigenvalue weighted by Gasteiger charge is -2.23. The fourth-order valence-corrected chi connectivity index (χ4v) is 3.10. The van der Waals surface area contributed by atoms with Crippen LogP contribution in [-0.2, 0) is 4.79 Å². The molecule has 0 unspecified atom stereocenters. The van der Waals surface area contributed by atoms with Crippen LogP contribution in [0.1, 0.15) is 19.3 Å². The number of amides is 1. The number of hydrogen-bond donors (Lipinski definition) is 2. The van der Waals surface area contributed by atoms with Crippen LogP contribution in [0.3, 0.4) is 0 Å². The highest BCUT2D eigenvalue weighted by molar-refractivity contribution is 5.85. The largest absolute Gasteiger partial charge is 0.354 e. The molecule has 3 atom stereocenters. The standard InChI is InChI=1S/C12H21N3O.ClH/c1-15-10(4-9-6-13-7-11(9)15)12(16)14-5-8-2-3-8;/h8-11,13H,2-7H2,1H3,(H,14,16);1H/t9-,10-,11+;/m0./s1. The highest BCUT2D eigenvalue weighted by Crippen LogP contribution is 2.31. The third kappa shape index (κ3) is 2.59. The van der Waals surface area contributed by atoms with Crippen molar-refractivity contribution in [1.82, 2.24) is 15.5 Å². The summed E-state index contributed by atoms with van der Waals surface area (Å²) in [5, 5.41) is 6.51. The van der Waals surface area contributed by atoms with E-state index in [9.17, 15) is 4.79 Å². The molecule has 5 heteroatoms. The van der Waals surface area contributed by atoms with E-state index >= 15 is 0 Å². The van der Waals surface area contributed by atoms with E-state index in [-0.39, 0.29) is 24.4 Å². The molecule has 1 amide bonds. The van der Waals surface area contributed by atoms with Crippen LogP contribution in [0.2, 0.25) is 0 Å². The topological polar surface area (TPSA) is 44.4 Å². The van der Waals surface area contributed by atoms with Crippen molar-refractivity contribution >= 4 is 18.3 Å². The van der Waals surface area contributed by atoms with Crippen molar-refractivity contribution in [3.8, 4) is 0 Å². The first-order valence-corrected chi connectivity index (χ1v) is 6.46. The minimum absolute atomic E-state index is 0. The predicted octanol–water partition coefficient (Wildman–Crippen LogP) is 0.227. The molecule has 0 aromatic rings. The minimum Gasteiger partial charge on any atom is -0.354 e. The molecule has 0 aromatic carbocycles. The highest BCUT2D eigenvalue weighted by atomic mass is 35.5. The van der Waals surface area contributed by atoms with Gasteiger partial charge in [0.1, 0.15) is 0 Å². The van der Waals surface area contributed by atoms with Gasteiger partial charge >= 0.3 is 0 Å². The predicted molar refractivity (Wildman–Crippen MR) is 69.3 cm³/mol. The smallest absolute Gasteiger partial charge is 0.237 e. The van der Waals surface area contributed by atoms with Crippen LogP contribution in [0.15, 0.2) is 0 Å². The Balaban J connectivity index is 0.00000108. The van der Waals surface area contributed by atoms with Crippen molar-refractivity contribution in [3.63, 3.8) is 0 Å². The molecule has 0 aromatic heterocycles. The van der Waals surface area contributed by atoms with Crippen molar-refractivity contribution in [1.29, 1.82) is 0 Å². The van der Waals surface area contributed by atoms with Gasteiger partial charge in [-0.3, -0.25) is 9.69 Å². The van der Waals surface area contributed by atoms with Crippen molar-refractivity contribution < 1.29 is 4.79 Å². The molecule has 0 bridgehead atoms. The lowest BCUT2D eigenvalue weighted by Crippen LogP contribution is -2.45. The van der Waals surface area contributed by atoms with E-state index < -0.39 is 0 Å². The van der Waals surface area contributed by atoms with Crippen LogP contribution in [0.4, 0.5) is 0 Å². The zero-order chi connectivity index (χ0) is 11.1. The molecule has 0 spiro atoms. The summed E-state index contributed by atoms with van der Waals surface area (Å²) >= 11 is 0. The van der Waals surface area contributed by atoms with Gasteiger partial charge in [0.15, 0.2) is 0 Å². The first-order valence-electron chi connectivity index (χ1n) is 6.46. The Hall–Kier alpha value is -0.320. The van der Waals surface area contributed by atoms with Gasteiger partial charge in [-0.1, -0.05) is 0 Å². The van der Waals surface area contributed by atoms with Gasteiger partial charge in [0.05, 0.1) is 6.04 Å². The number of halogens is 1. The maximum absolute atomic E-state index is 12.0. The Morgan fingerprint density at radius 3 is 2.82 bits per heavy atom. The highest BCUT2D eigenvalue weighted by Gasteiger charge is 2.44. The Morgan fingerprint density at radius 2 is 2.18 bits per heavy atom. The van der Waals surface area contributed by atoms with Gasteiger partial charge < -0.3 is 10.6 Å². The number of hydrogen-bond acceptors (Lipinski definition) is 3. The fraction of sp³-hybridized carbons (Fsp3) is 0.917. The number of likely N-dealkylation sites (N-methyl/N-ethyl adjacent to an activating group) is 1. The Kier molecular flexibility index (Phi) is 3.95. The van der Waals surface area contributed by atoms with Crippen molar-refractivity contribution in [2.24, 2.45) is 11.8 Å². The number of carbonyl (C=O) groups is 1. The van der Waals surface area contributed by atoms with Gasteiger partial charge in [0.25, 0.3) is 0 Å². The Morgan fingerprint density at radius 1 is 1.41 bits per heavy atom. The number of rotatable bonds is 3. The van der Waals surface area contributed by atoms with Gasteiger partial charge in [-0.15, -0.1) is 12.4 Å². The second-order valence-corrected chi connectivity index (χ2v) is 5.59. The maximum atomic E-state index is 12.0. The molecule has 1 saturated carbocycles. The first-order chi connectivity index (χ1) is 7.75. The molecule has 2 saturated heterocycles. The minimum atomic E-state index is 0. The number of fused-ring (bicyclic) bond motifs is 1. The van der Waals surface area contributed by atoms with E-state index in [0.717, 1.165) is 32.0 Å².